The Bertz CT molecular complexity index is 443. The third-order valence-corrected chi connectivity index (χ3v) is 3.51. The molecule has 3 nitrogen and oxygen atoms in total. The fourth-order valence-corrected chi connectivity index (χ4v) is 2.71. The Morgan fingerprint density at radius 3 is 2.62 bits per heavy atom. The minimum atomic E-state index is -3.26. The number of rotatable bonds is 5. The molecule has 0 heterocycles. The van der Waals surface area contributed by atoms with E-state index in [1.54, 1.807) is 24.3 Å². The molecule has 0 aliphatic heterocycles. The molecule has 1 rings (SSSR count). The van der Waals surface area contributed by atoms with E-state index in [0.717, 1.165) is 0 Å². The Hall–Kier alpha value is -0.580. The summed E-state index contributed by atoms with van der Waals surface area (Å²) in [7, 11) is -3.26. The van der Waals surface area contributed by atoms with Crippen LogP contribution in [0.15, 0.2) is 24.3 Å². The Balaban J connectivity index is 2.66. The summed E-state index contributed by atoms with van der Waals surface area (Å²) in [6.07, 6.45) is 0. The van der Waals surface area contributed by atoms with E-state index in [1.165, 1.54) is 0 Å². The third-order valence-electron chi connectivity index (χ3n) is 1.96. The molecular formula is C11H16ClNO2S. The first kappa shape index (κ1) is 13.5. The van der Waals surface area contributed by atoms with Crippen molar-refractivity contribution in [2.24, 2.45) is 5.92 Å². The molecule has 0 fully saturated rings. The minimum absolute atomic E-state index is 0.0275. The SMILES string of the molecule is CC(C)CNS(=O)(=O)Cc1cccc(Cl)c1. The predicted octanol–water partition coefficient (Wildman–Crippen LogP) is 2.42. The fraction of sp³-hybridized carbons (Fsp3) is 0.455. The van der Waals surface area contributed by atoms with Crippen LogP contribution in [0.4, 0.5) is 0 Å². The maximum Gasteiger partial charge on any atom is 0.215 e. The van der Waals surface area contributed by atoms with Gasteiger partial charge >= 0.3 is 0 Å². The molecule has 1 N–H and O–H groups in total. The summed E-state index contributed by atoms with van der Waals surface area (Å²) in [5.41, 5.74) is 0.698. The second-order valence-corrected chi connectivity index (χ2v) is 6.37. The predicted molar refractivity (Wildman–Crippen MR) is 66.9 cm³/mol. The van der Waals surface area contributed by atoms with Crippen molar-refractivity contribution in [2.45, 2.75) is 19.6 Å². The van der Waals surface area contributed by atoms with Crippen molar-refractivity contribution in [3.05, 3.63) is 34.9 Å². The van der Waals surface area contributed by atoms with Crippen molar-refractivity contribution in [3.8, 4) is 0 Å². The van der Waals surface area contributed by atoms with Crippen LogP contribution in [0.25, 0.3) is 0 Å². The lowest BCUT2D eigenvalue weighted by atomic mass is 10.2. The fourth-order valence-electron chi connectivity index (χ4n) is 1.19. The number of hydrogen-bond acceptors (Lipinski definition) is 2. The Labute approximate surface area is 102 Å². The lowest BCUT2D eigenvalue weighted by Crippen LogP contribution is -2.28. The van der Waals surface area contributed by atoms with Crippen LogP contribution in [-0.4, -0.2) is 15.0 Å². The molecule has 0 aliphatic carbocycles. The molecule has 0 spiro atoms. The first-order valence-electron chi connectivity index (χ1n) is 5.11. The van der Waals surface area contributed by atoms with Gasteiger partial charge in [0.1, 0.15) is 0 Å². The number of nitrogens with one attached hydrogen (secondary N) is 1. The molecule has 1 aromatic carbocycles. The first-order valence-corrected chi connectivity index (χ1v) is 7.14. The van der Waals surface area contributed by atoms with Crippen molar-refractivity contribution >= 4 is 21.6 Å². The van der Waals surface area contributed by atoms with Gasteiger partial charge in [-0.3, -0.25) is 0 Å². The summed E-state index contributed by atoms with van der Waals surface area (Å²) < 4.78 is 25.9. The zero-order chi connectivity index (χ0) is 12.2. The highest BCUT2D eigenvalue weighted by Crippen LogP contribution is 2.12. The van der Waals surface area contributed by atoms with Gasteiger partial charge in [0.25, 0.3) is 0 Å². The second kappa shape index (κ2) is 5.66. The van der Waals surface area contributed by atoms with Crippen molar-refractivity contribution in [3.63, 3.8) is 0 Å². The molecule has 0 atom stereocenters. The monoisotopic (exact) mass is 261 g/mol. The zero-order valence-electron chi connectivity index (χ0n) is 9.40. The third kappa shape index (κ3) is 4.96. The standard InChI is InChI=1S/C11H16ClNO2S/c1-9(2)7-13-16(14,15)8-10-4-3-5-11(12)6-10/h3-6,9,13H,7-8H2,1-2H3. The Kier molecular flexibility index (Phi) is 4.77. The maximum absolute atomic E-state index is 11.7. The molecule has 1 aromatic rings. The summed E-state index contributed by atoms with van der Waals surface area (Å²) >= 11 is 5.79. The highest BCUT2D eigenvalue weighted by atomic mass is 35.5. The van der Waals surface area contributed by atoms with E-state index >= 15 is 0 Å². The van der Waals surface area contributed by atoms with E-state index in [1.807, 2.05) is 13.8 Å². The molecule has 0 aromatic heterocycles. The average molecular weight is 262 g/mol. The topological polar surface area (TPSA) is 46.2 Å². The van der Waals surface area contributed by atoms with Crippen molar-refractivity contribution in [2.75, 3.05) is 6.54 Å². The molecular weight excluding hydrogens is 246 g/mol. The molecule has 0 unspecified atom stereocenters. The largest absolute Gasteiger partial charge is 0.215 e. The van der Waals surface area contributed by atoms with Crippen molar-refractivity contribution in [1.82, 2.24) is 4.72 Å². The van der Waals surface area contributed by atoms with Crippen molar-refractivity contribution < 1.29 is 8.42 Å². The highest BCUT2D eigenvalue weighted by molar-refractivity contribution is 7.88. The molecule has 0 amide bonds. The maximum atomic E-state index is 11.7. The van der Waals surface area contributed by atoms with Gasteiger partial charge < -0.3 is 0 Å². The van der Waals surface area contributed by atoms with E-state index in [-0.39, 0.29) is 5.75 Å². The molecule has 90 valence electrons. The number of benzene rings is 1. The molecule has 0 aliphatic rings. The number of sulfonamides is 1. The average Bonchev–Trinajstić information content (AvgIpc) is 2.14. The van der Waals surface area contributed by atoms with E-state index < -0.39 is 10.0 Å². The van der Waals surface area contributed by atoms with E-state index in [9.17, 15) is 8.42 Å². The summed E-state index contributed by atoms with van der Waals surface area (Å²) in [5, 5.41) is 0.552. The quantitative estimate of drug-likeness (QED) is 0.885. The summed E-state index contributed by atoms with van der Waals surface area (Å²) in [6.45, 7) is 4.38. The number of hydrogen-bond donors (Lipinski definition) is 1. The van der Waals surface area contributed by atoms with Gasteiger partial charge in [-0.2, -0.15) is 0 Å². The molecule has 0 saturated carbocycles. The highest BCUT2D eigenvalue weighted by Gasteiger charge is 2.11. The van der Waals surface area contributed by atoms with Gasteiger partial charge in [0.15, 0.2) is 0 Å². The van der Waals surface area contributed by atoms with Crippen LogP contribution >= 0.6 is 11.6 Å². The zero-order valence-corrected chi connectivity index (χ0v) is 11.0. The van der Waals surface area contributed by atoms with E-state index in [4.69, 9.17) is 11.6 Å². The Morgan fingerprint density at radius 1 is 1.38 bits per heavy atom. The van der Waals surface area contributed by atoms with Gasteiger partial charge in [-0.25, -0.2) is 13.1 Å². The van der Waals surface area contributed by atoms with Crippen LogP contribution in [0.3, 0.4) is 0 Å². The van der Waals surface area contributed by atoms with Crippen LogP contribution in [-0.2, 0) is 15.8 Å². The lowest BCUT2D eigenvalue weighted by molar-refractivity contribution is 0.559. The van der Waals surface area contributed by atoms with Gasteiger partial charge in [-0.15, -0.1) is 0 Å². The van der Waals surface area contributed by atoms with Crippen LogP contribution in [0.1, 0.15) is 19.4 Å². The van der Waals surface area contributed by atoms with Crippen LogP contribution in [0, 0.1) is 5.92 Å². The molecule has 0 radical (unpaired) electrons. The molecule has 16 heavy (non-hydrogen) atoms. The van der Waals surface area contributed by atoms with Gasteiger partial charge in [-0.05, 0) is 23.6 Å². The van der Waals surface area contributed by atoms with Crippen molar-refractivity contribution in [1.29, 1.82) is 0 Å². The van der Waals surface area contributed by atoms with Gasteiger partial charge in [0, 0.05) is 11.6 Å². The van der Waals surface area contributed by atoms with Crippen LogP contribution in [0.2, 0.25) is 5.02 Å². The smallest absolute Gasteiger partial charge is 0.215 e. The molecule has 5 heteroatoms. The van der Waals surface area contributed by atoms with Gasteiger partial charge in [0.05, 0.1) is 5.75 Å². The van der Waals surface area contributed by atoms with Crippen LogP contribution < -0.4 is 4.72 Å². The molecule has 0 bridgehead atoms. The number of halogens is 1. The van der Waals surface area contributed by atoms with Gasteiger partial charge in [0.2, 0.25) is 10.0 Å². The normalized spacial score (nSPS) is 12.0. The summed E-state index contributed by atoms with van der Waals surface area (Å²) in [4.78, 5) is 0. The molecule has 0 saturated heterocycles. The Morgan fingerprint density at radius 2 is 2.06 bits per heavy atom. The van der Waals surface area contributed by atoms with Crippen LogP contribution in [0.5, 0.6) is 0 Å². The first-order chi connectivity index (χ1) is 7.39. The van der Waals surface area contributed by atoms with Gasteiger partial charge in [-0.1, -0.05) is 37.6 Å². The summed E-state index contributed by atoms with van der Waals surface area (Å²) in [5.74, 6) is 0.273. The second-order valence-electron chi connectivity index (χ2n) is 4.13. The van der Waals surface area contributed by atoms with E-state index in [2.05, 4.69) is 4.72 Å². The summed E-state index contributed by atoms with van der Waals surface area (Å²) in [6, 6.07) is 6.88. The minimum Gasteiger partial charge on any atom is -0.215 e. The van der Waals surface area contributed by atoms with E-state index in [0.29, 0.717) is 23.0 Å². The lowest BCUT2D eigenvalue weighted by Gasteiger charge is -2.08.